The largest absolute Gasteiger partial charge is 0.358 e. The lowest BCUT2D eigenvalue weighted by Crippen LogP contribution is -2.45. The summed E-state index contributed by atoms with van der Waals surface area (Å²) in [6.07, 6.45) is 9.36. The first kappa shape index (κ1) is 22.3. The molecule has 1 aliphatic rings. The molecule has 3 aromatic rings. The number of benzene rings is 1. The summed E-state index contributed by atoms with van der Waals surface area (Å²) < 4.78 is 1.91. The van der Waals surface area contributed by atoms with E-state index in [1.807, 2.05) is 47.3 Å². The van der Waals surface area contributed by atoms with Gasteiger partial charge in [-0.25, -0.2) is 4.85 Å². The van der Waals surface area contributed by atoms with Crippen molar-refractivity contribution in [2.45, 2.75) is 44.7 Å². The van der Waals surface area contributed by atoms with E-state index >= 15 is 0 Å². The number of hydrogen-bond donors (Lipinski definition) is 3. The van der Waals surface area contributed by atoms with E-state index in [0.29, 0.717) is 24.0 Å². The van der Waals surface area contributed by atoms with Crippen molar-refractivity contribution in [2.75, 3.05) is 17.7 Å². The number of amides is 1. The zero-order chi connectivity index (χ0) is 23.0. The average molecular weight is 444 g/mol. The molecule has 33 heavy (non-hydrogen) atoms. The van der Waals surface area contributed by atoms with E-state index < -0.39 is 0 Å². The highest BCUT2D eigenvalue weighted by Gasteiger charge is 2.30. The summed E-state index contributed by atoms with van der Waals surface area (Å²) in [5.74, 6) is 2.04. The molecule has 1 atom stereocenters. The monoisotopic (exact) mass is 443 g/mol. The van der Waals surface area contributed by atoms with Gasteiger partial charge >= 0.3 is 0 Å². The third-order valence-electron chi connectivity index (χ3n) is 6.04. The molecule has 8 heteroatoms. The quantitative estimate of drug-likeness (QED) is 0.445. The van der Waals surface area contributed by atoms with Gasteiger partial charge in [0.05, 0.1) is 6.57 Å². The highest BCUT2D eigenvalue weighted by molar-refractivity contribution is 5.84. The highest BCUT2D eigenvalue weighted by atomic mass is 16.2. The van der Waals surface area contributed by atoms with Crippen molar-refractivity contribution in [1.82, 2.24) is 19.9 Å². The third kappa shape index (κ3) is 5.69. The smallest absolute Gasteiger partial charge is 0.243 e. The summed E-state index contributed by atoms with van der Waals surface area (Å²) in [5.41, 5.74) is 1.56. The van der Waals surface area contributed by atoms with Crippen LogP contribution in [0.5, 0.6) is 0 Å². The topological polar surface area (TPSA) is 88.2 Å². The van der Waals surface area contributed by atoms with Gasteiger partial charge in [-0.15, -0.1) is 0 Å². The Morgan fingerprint density at radius 1 is 1.15 bits per heavy atom. The number of rotatable bonds is 8. The molecule has 1 unspecified atom stereocenters. The van der Waals surface area contributed by atoms with Crippen LogP contribution in [-0.2, 0) is 11.3 Å². The van der Waals surface area contributed by atoms with E-state index in [4.69, 9.17) is 6.57 Å². The van der Waals surface area contributed by atoms with Gasteiger partial charge in [-0.05, 0) is 36.5 Å². The fourth-order valence-electron chi connectivity index (χ4n) is 4.25. The summed E-state index contributed by atoms with van der Waals surface area (Å²) >= 11 is 0. The second-order valence-electron chi connectivity index (χ2n) is 8.29. The third-order valence-corrected chi connectivity index (χ3v) is 6.04. The first-order chi connectivity index (χ1) is 16.2. The summed E-state index contributed by atoms with van der Waals surface area (Å²) in [6, 6.07) is 12.7. The molecule has 4 rings (SSSR count). The maximum absolute atomic E-state index is 13.3. The van der Waals surface area contributed by atoms with Crippen molar-refractivity contribution in [2.24, 2.45) is 5.92 Å². The van der Waals surface area contributed by atoms with Gasteiger partial charge in [-0.1, -0.05) is 43.5 Å². The van der Waals surface area contributed by atoms with E-state index in [2.05, 4.69) is 30.8 Å². The van der Waals surface area contributed by atoms with Gasteiger partial charge in [0.1, 0.15) is 17.7 Å². The van der Waals surface area contributed by atoms with Gasteiger partial charge in [0.25, 0.3) is 0 Å². The van der Waals surface area contributed by atoms with Crippen LogP contribution in [0.25, 0.3) is 10.7 Å². The van der Waals surface area contributed by atoms with Crippen LogP contribution in [0.2, 0.25) is 0 Å². The molecule has 0 radical (unpaired) electrons. The fourth-order valence-corrected chi connectivity index (χ4v) is 4.25. The molecular formula is C25H29N7O. The number of carbonyl (C=O) groups excluding carboxylic acids is 1. The molecule has 1 fully saturated rings. The molecule has 0 saturated heterocycles. The SMILES string of the molecule is [C-]#[N+]c1ccc(CNC(=O)C(Nc2cc(-n3cccc3)nc(NC)n2)C2CCCCC2)cc1. The maximum Gasteiger partial charge on any atom is 0.243 e. The van der Waals surface area contributed by atoms with E-state index in [9.17, 15) is 4.79 Å². The lowest BCUT2D eigenvalue weighted by Gasteiger charge is -2.30. The van der Waals surface area contributed by atoms with Crippen molar-refractivity contribution in [3.05, 3.63) is 71.8 Å². The molecular weight excluding hydrogens is 414 g/mol. The lowest BCUT2D eigenvalue weighted by molar-refractivity contribution is -0.123. The van der Waals surface area contributed by atoms with Gasteiger partial charge < -0.3 is 20.5 Å². The maximum atomic E-state index is 13.3. The zero-order valence-corrected chi connectivity index (χ0v) is 18.8. The van der Waals surface area contributed by atoms with Crippen molar-refractivity contribution < 1.29 is 4.79 Å². The van der Waals surface area contributed by atoms with Crippen LogP contribution < -0.4 is 16.0 Å². The van der Waals surface area contributed by atoms with Crippen molar-refractivity contribution in [3.63, 3.8) is 0 Å². The van der Waals surface area contributed by atoms with Crippen LogP contribution >= 0.6 is 0 Å². The molecule has 0 bridgehead atoms. The van der Waals surface area contributed by atoms with E-state index in [1.54, 1.807) is 19.2 Å². The summed E-state index contributed by atoms with van der Waals surface area (Å²) in [5, 5.41) is 9.52. The second kappa shape index (κ2) is 10.6. The molecule has 2 aromatic heterocycles. The summed E-state index contributed by atoms with van der Waals surface area (Å²) in [4.78, 5) is 25.8. The first-order valence-electron chi connectivity index (χ1n) is 11.4. The molecule has 0 spiro atoms. The Morgan fingerprint density at radius 2 is 1.88 bits per heavy atom. The summed E-state index contributed by atoms with van der Waals surface area (Å²) in [7, 11) is 1.78. The standard InChI is InChI=1S/C25H29N7O/c1-26-20-12-10-18(11-13-20)17-28-24(33)23(19-8-4-3-5-9-19)29-21-16-22(31-25(27-2)30-21)32-14-6-7-15-32/h6-7,10-16,19,23H,3-5,8-9,17H2,2H3,(H,28,33)(H2,27,29,30,31). The van der Waals surface area contributed by atoms with Crippen LogP contribution in [0.3, 0.4) is 0 Å². The predicted octanol–water partition coefficient (Wildman–Crippen LogP) is 4.54. The molecule has 1 aromatic carbocycles. The number of nitrogens with zero attached hydrogens (tertiary/aromatic N) is 4. The van der Waals surface area contributed by atoms with Crippen LogP contribution in [-0.4, -0.2) is 33.5 Å². The van der Waals surface area contributed by atoms with Crippen molar-refractivity contribution in [3.8, 4) is 5.82 Å². The number of aromatic nitrogens is 3. The number of carbonyl (C=O) groups is 1. The molecule has 0 aliphatic heterocycles. The van der Waals surface area contributed by atoms with Crippen LogP contribution in [0.4, 0.5) is 17.5 Å². The molecule has 1 amide bonds. The zero-order valence-electron chi connectivity index (χ0n) is 18.8. The van der Waals surface area contributed by atoms with Crippen LogP contribution in [0.1, 0.15) is 37.7 Å². The van der Waals surface area contributed by atoms with Crippen molar-refractivity contribution >= 4 is 23.4 Å². The Labute approximate surface area is 194 Å². The average Bonchev–Trinajstić information content (AvgIpc) is 3.42. The highest BCUT2D eigenvalue weighted by Crippen LogP contribution is 2.29. The molecule has 1 saturated carbocycles. The van der Waals surface area contributed by atoms with Crippen LogP contribution in [0.15, 0.2) is 54.9 Å². The molecule has 1 aliphatic carbocycles. The Morgan fingerprint density at radius 3 is 2.55 bits per heavy atom. The Bertz CT molecular complexity index is 1100. The van der Waals surface area contributed by atoms with Gasteiger partial charge in [-0.2, -0.15) is 9.97 Å². The first-order valence-corrected chi connectivity index (χ1v) is 11.4. The number of hydrogen-bond acceptors (Lipinski definition) is 5. The van der Waals surface area contributed by atoms with Gasteiger partial charge in [0, 0.05) is 32.1 Å². The molecule has 2 heterocycles. The lowest BCUT2D eigenvalue weighted by atomic mass is 9.83. The molecule has 170 valence electrons. The van der Waals surface area contributed by atoms with Gasteiger partial charge in [0.2, 0.25) is 11.9 Å². The molecule has 8 nitrogen and oxygen atoms in total. The second-order valence-corrected chi connectivity index (χ2v) is 8.29. The number of nitrogens with one attached hydrogen (secondary N) is 3. The minimum Gasteiger partial charge on any atom is -0.358 e. The van der Waals surface area contributed by atoms with Gasteiger partial charge in [0.15, 0.2) is 5.69 Å². The van der Waals surface area contributed by atoms with Gasteiger partial charge in [-0.3, -0.25) is 4.79 Å². The fraction of sp³-hybridized carbons (Fsp3) is 0.360. The van der Waals surface area contributed by atoms with E-state index in [1.165, 1.54) is 6.42 Å². The normalized spacial score (nSPS) is 14.8. The Kier molecular flexibility index (Phi) is 7.20. The van der Waals surface area contributed by atoms with E-state index in [0.717, 1.165) is 37.1 Å². The minimum atomic E-state index is -0.384. The number of anilines is 2. The molecule has 3 N–H and O–H groups in total. The Balaban J connectivity index is 1.53. The summed E-state index contributed by atoms with van der Waals surface area (Å²) in [6.45, 7) is 7.50. The van der Waals surface area contributed by atoms with Crippen molar-refractivity contribution in [1.29, 1.82) is 0 Å². The Hall–Kier alpha value is -3.86. The van der Waals surface area contributed by atoms with E-state index in [-0.39, 0.29) is 17.9 Å². The minimum absolute atomic E-state index is 0.0386. The predicted molar refractivity (Wildman–Crippen MR) is 129 cm³/mol. The van der Waals surface area contributed by atoms with Crippen LogP contribution in [0, 0.1) is 12.5 Å².